The second-order valence-electron chi connectivity index (χ2n) is 7.76. The molecule has 0 aliphatic heterocycles. The summed E-state index contributed by atoms with van der Waals surface area (Å²) < 4.78 is 0. The van der Waals surface area contributed by atoms with Crippen molar-refractivity contribution in [2.24, 2.45) is 0 Å². The largest absolute Gasteiger partial charge is 0.508 e. The van der Waals surface area contributed by atoms with Gasteiger partial charge in [-0.1, -0.05) is 90.0 Å². The van der Waals surface area contributed by atoms with Crippen molar-refractivity contribution in [2.45, 2.75) is 19.3 Å². The number of phenols is 1. The molecule has 1 aliphatic rings. The summed E-state index contributed by atoms with van der Waals surface area (Å²) in [5, 5.41) is 10.3. The Morgan fingerprint density at radius 2 is 1.14 bits per heavy atom. The van der Waals surface area contributed by atoms with Gasteiger partial charge in [-0.2, -0.15) is 0 Å². The summed E-state index contributed by atoms with van der Waals surface area (Å²) >= 11 is 0. The summed E-state index contributed by atoms with van der Waals surface area (Å²) in [6, 6.07) is 31.9. The summed E-state index contributed by atoms with van der Waals surface area (Å²) in [4.78, 5) is 0. The Morgan fingerprint density at radius 3 is 1.71 bits per heavy atom. The molecule has 0 unspecified atom stereocenters. The highest BCUT2D eigenvalue weighted by Crippen LogP contribution is 2.56. The third-order valence-electron chi connectivity index (χ3n) is 5.93. The number of hydrogen-bond donors (Lipinski definition) is 1. The summed E-state index contributed by atoms with van der Waals surface area (Å²) in [6.07, 6.45) is 0. The highest BCUT2D eigenvalue weighted by Gasteiger charge is 2.46. The minimum atomic E-state index is -0.442. The Balaban J connectivity index is 2.00. The van der Waals surface area contributed by atoms with Crippen LogP contribution < -0.4 is 0 Å². The van der Waals surface area contributed by atoms with Gasteiger partial charge in [0, 0.05) is 0 Å². The second-order valence-corrected chi connectivity index (χ2v) is 7.76. The lowest BCUT2D eigenvalue weighted by Gasteiger charge is -2.34. The molecule has 5 rings (SSSR count). The molecular weight excluding hydrogens is 340 g/mol. The van der Waals surface area contributed by atoms with Crippen molar-refractivity contribution in [3.63, 3.8) is 0 Å². The fourth-order valence-corrected chi connectivity index (χ4v) is 4.77. The zero-order valence-corrected chi connectivity index (χ0v) is 16.1. The van der Waals surface area contributed by atoms with Crippen molar-refractivity contribution in [1.29, 1.82) is 0 Å². The molecule has 0 spiro atoms. The molecule has 0 atom stereocenters. The van der Waals surface area contributed by atoms with Gasteiger partial charge in [0.25, 0.3) is 0 Å². The van der Waals surface area contributed by atoms with Crippen molar-refractivity contribution in [1.82, 2.24) is 0 Å². The molecule has 0 fully saturated rings. The van der Waals surface area contributed by atoms with Crippen LogP contribution in [0.1, 0.15) is 33.4 Å². The molecule has 1 aliphatic carbocycles. The standard InChI is InChI=1S/C27H22O/c1-18-11-13-23-24-14-12-19(2)16-26(24)27(25(23)15-18,20-7-4-3-5-8-20)21-9-6-10-22(28)17-21/h3-17,28H,1-2H3. The van der Waals surface area contributed by atoms with Crippen LogP contribution in [0.4, 0.5) is 0 Å². The van der Waals surface area contributed by atoms with E-state index in [0.29, 0.717) is 5.75 Å². The highest BCUT2D eigenvalue weighted by atomic mass is 16.3. The third-order valence-corrected chi connectivity index (χ3v) is 5.93. The number of hydrogen-bond acceptors (Lipinski definition) is 1. The van der Waals surface area contributed by atoms with Crippen LogP contribution in [-0.4, -0.2) is 5.11 Å². The predicted octanol–water partition coefficient (Wildman–Crippen LogP) is 6.37. The normalized spacial score (nSPS) is 13.8. The summed E-state index contributed by atoms with van der Waals surface area (Å²) in [5.41, 5.74) is 9.46. The van der Waals surface area contributed by atoms with Gasteiger partial charge in [-0.15, -0.1) is 0 Å². The molecule has 28 heavy (non-hydrogen) atoms. The van der Waals surface area contributed by atoms with E-state index in [4.69, 9.17) is 0 Å². The molecule has 1 heteroatoms. The van der Waals surface area contributed by atoms with Gasteiger partial charge in [0.1, 0.15) is 5.75 Å². The smallest absolute Gasteiger partial charge is 0.115 e. The number of benzene rings is 4. The van der Waals surface area contributed by atoms with E-state index in [9.17, 15) is 5.11 Å². The van der Waals surface area contributed by atoms with Crippen LogP contribution in [0.25, 0.3) is 11.1 Å². The number of aromatic hydroxyl groups is 1. The zero-order chi connectivity index (χ0) is 19.3. The van der Waals surface area contributed by atoms with Crippen LogP contribution >= 0.6 is 0 Å². The van der Waals surface area contributed by atoms with Gasteiger partial charge in [0.15, 0.2) is 0 Å². The minimum Gasteiger partial charge on any atom is -0.508 e. The van der Waals surface area contributed by atoms with Gasteiger partial charge < -0.3 is 5.11 Å². The Bertz CT molecular complexity index is 1140. The average Bonchev–Trinajstić information content (AvgIpc) is 2.98. The van der Waals surface area contributed by atoms with Crippen LogP contribution in [0.2, 0.25) is 0 Å². The van der Waals surface area contributed by atoms with Crippen molar-refractivity contribution < 1.29 is 5.11 Å². The molecule has 136 valence electrons. The molecule has 0 saturated carbocycles. The highest BCUT2D eigenvalue weighted by molar-refractivity contribution is 5.86. The molecule has 0 aromatic heterocycles. The molecule has 0 amide bonds. The van der Waals surface area contributed by atoms with Crippen molar-refractivity contribution in [2.75, 3.05) is 0 Å². The maximum absolute atomic E-state index is 10.3. The fraction of sp³-hybridized carbons (Fsp3) is 0.111. The quantitative estimate of drug-likeness (QED) is 0.387. The topological polar surface area (TPSA) is 20.2 Å². The van der Waals surface area contributed by atoms with Crippen LogP contribution in [0.5, 0.6) is 5.75 Å². The van der Waals surface area contributed by atoms with E-state index in [1.54, 1.807) is 6.07 Å². The second kappa shape index (κ2) is 6.10. The number of phenolic OH excluding ortho intramolecular Hbond substituents is 1. The van der Waals surface area contributed by atoms with Crippen molar-refractivity contribution in [3.05, 3.63) is 124 Å². The molecule has 1 nitrogen and oxygen atoms in total. The predicted molar refractivity (Wildman–Crippen MR) is 115 cm³/mol. The van der Waals surface area contributed by atoms with Gasteiger partial charge in [0.2, 0.25) is 0 Å². The summed E-state index contributed by atoms with van der Waals surface area (Å²) in [6.45, 7) is 4.29. The lowest BCUT2D eigenvalue weighted by Crippen LogP contribution is -2.28. The molecule has 0 bridgehead atoms. The summed E-state index contributed by atoms with van der Waals surface area (Å²) in [5.74, 6) is 0.295. The van der Waals surface area contributed by atoms with E-state index in [1.165, 1.54) is 38.9 Å². The van der Waals surface area contributed by atoms with Gasteiger partial charge in [0.05, 0.1) is 5.41 Å². The molecule has 1 N–H and O–H groups in total. The first kappa shape index (κ1) is 16.8. The van der Waals surface area contributed by atoms with E-state index >= 15 is 0 Å². The van der Waals surface area contributed by atoms with E-state index < -0.39 is 5.41 Å². The minimum absolute atomic E-state index is 0.295. The van der Waals surface area contributed by atoms with Gasteiger partial charge in [-0.05, 0) is 59.4 Å². The van der Waals surface area contributed by atoms with Gasteiger partial charge in [-0.3, -0.25) is 0 Å². The van der Waals surface area contributed by atoms with Crippen LogP contribution in [0.3, 0.4) is 0 Å². The summed E-state index contributed by atoms with van der Waals surface area (Å²) in [7, 11) is 0. The Kier molecular flexibility index (Phi) is 3.67. The molecule has 4 aromatic rings. The molecule has 0 radical (unpaired) electrons. The first-order valence-corrected chi connectivity index (χ1v) is 9.68. The lowest BCUT2D eigenvalue weighted by molar-refractivity contribution is 0.473. The number of fused-ring (bicyclic) bond motifs is 3. The Hall–Kier alpha value is -3.32. The van der Waals surface area contributed by atoms with Crippen molar-refractivity contribution >= 4 is 0 Å². The molecule has 4 aromatic carbocycles. The van der Waals surface area contributed by atoms with E-state index in [2.05, 4.69) is 86.6 Å². The number of aryl methyl sites for hydroxylation is 2. The monoisotopic (exact) mass is 362 g/mol. The molecule has 0 saturated heterocycles. The van der Waals surface area contributed by atoms with E-state index in [0.717, 1.165) is 5.56 Å². The number of rotatable bonds is 2. The van der Waals surface area contributed by atoms with Crippen LogP contribution in [0, 0.1) is 13.8 Å². The van der Waals surface area contributed by atoms with Gasteiger partial charge >= 0.3 is 0 Å². The average molecular weight is 362 g/mol. The lowest BCUT2D eigenvalue weighted by atomic mass is 9.67. The maximum atomic E-state index is 10.3. The van der Waals surface area contributed by atoms with Gasteiger partial charge in [-0.25, -0.2) is 0 Å². The van der Waals surface area contributed by atoms with Crippen LogP contribution in [0.15, 0.2) is 91.0 Å². The van der Waals surface area contributed by atoms with E-state index in [-0.39, 0.29) is 0 Å². The fourth-order valence-electron chi connectivity index (χ4n) is 4.77. The molecule has 0 heterocycles. The molecular formula is C27H22O. The zero-order valence-electron chi connectivity index (χ0n) is 16.1. The first-order chi connectivity index (χ1) is 13.6. The van der Waals surface area contributed by atoms with Crippen LogP contribution in [-0.2, 0) is 5.41 Å². The Labute approximate surface area is 165 Å². The SMILES string of the molecule is Cc1ccc2c(c1)C(c1ccccc1)(c1cccc(O)c1)c1cc(C)ccc1-2. The third kappa shape index (κ3) is 2.26. The van der Waals surface area contributed by atoms with E-state index in [1.807, 2.05) is 12.1 Å². The van der Waals surface area contributed by atoms with Crippen molar-refractivity contribution in [3.8, 4) is 16.9 Å². The first-order valence-electron chi connectivity index (χ1n) is 9.68. The maximum Gasteiger partial charge on any atom is 0.115 e. The Morgan fingerprint density at radius 1 is 0.571 bits per heavy atom.